The molecule has 1 aromatic rings. The van der Waals surface area contributed by atoms with Gasteiger partial charge in [0.25, 0.3) is 0 Å². The van der Waals surface area contributed by atoms with E-state index in [-0.39, 0.29) is 0 Å². The summed E-state index contributed by atoms with van der Waals surface area (Å²) in [6.45, 7) is 5.13. The predicted molar refractivity (Wildman–Crippen MR) is 72.2 cm³/mol. The number of nitrogens with two attached hydrogens (primary N) is 1. The Balaban J connectivity index is 2.64. The lowest BCUT2D eigenvalue weighted by Crippen LogP contribution is -1.98. The molecule has 0 spiro atoms. The molecule has 2 N–H and O–H groups in total. The van der Waals surface area contributed by atoms with Crippen molar-refractivity contribution < 1.29 is 0 Å². The van der Waals surface area contributed by atoms with Crippen molar-refractivity contribution in [1.29, 1.82) is 0 Å². The van der Waals surface area contributed by atoms with Gasteiger partial charge in [0.05, 0.1) is 0 Å². The summed E-state index contributed by atoms with van der Waals surface area (Å²) in [7, 11) is 0. The van der Waals surface area contributed by atoms with Gasteiger partial charge in [-0.05, 0) is 29.7 Å². The Kier molecular flexibility index (Phi) is 5.72. The van der Waals surface area contributed by atoms with Crippen LogP contribution in [0.5, 0.6) is 0 Å². The monoisotopic (exact) mass is 287 g/mol. The van der Waals surface area contributed by atoms with E-state index in [2.05, 4.69) is 48.0 Å². The van der Waals surface area contributed by atoms with E-state index in [1.54, 1.807) is 0 Å². The van der Waals surface area contributed by atoms with Gasteiger partial charge >= 0.3 is 0 Å². The second-order valence-corrected chi connectivity index (χ2v) is 5.83. The summed E-state index contributed by atoms with van der Waals surface area (Å²) in [6, 6.07) is 6.41. The molecule has 84 valence electrons. The first-order chi connectivity index (χ1) is 7.15. The third-order valence-corrected chi connectivity index (χ3v) is 4.16. The van der Waals surface area contributed by atoms with Crippen LogP contribution in [0.25, 0.3) is 0 Å². The molecule has 0 fully saturated rings. The molecule has 15 heavy (non-hydrogen) atoms. The maximum absolute atomic E-state index is 5.64. The molecule has 0 saturated carbocycles. The zero-order valence-electron chi connectivity index (χ0n) is 9.29. The Morgan fingerprint density at radius 1 is 1.40 bits per heavy atom. The van der Waals surface area contributed by atoms with Crippen LogP contribution >= 0.6 is 27.7 Å². The molecule has 0 saturated heterocycles. The topological polar surface area (TPSA) is 26.0 Å². The van der Waals surface area contributed by atoms with Gasteiger partial charge in [-0.2, -0.15) is 0 Å². The van der Waals surface area contributed by atoms with Gasteiger partial charge in [-0.15, -0.1) is 11.8 Å². The Morgan fingerprint density at radius 3 is 2.73 bits per heavy atom. The van der Waals surface area contributed by atoms with Crippen LogP contribution in [0, 0.1) is 5.92 Å². The molecule has 0 aliphatic rings. The van der Waals surface area contributed by atoms with Gasteiger partial charge in [0, 0.05) is 21.7 Å². The summed E-state index contributed by atoms with van der Waals surface area (Å²) in [5.74, 6) is 1.95. The first-order valence-corrected chi connectivity index (χ1v) is 7.06. The number of halogens is 1. The van der Waals surface area contributed by atoms with Gasteiger partial charge in [-0.25, -0.2) is 0 Å². The standard InChI is InChI=1S/C12H18BrNS/c1-3-9(2)8-15-12-5-10(7-14)4-11(13)6-12/h4-6,9H,3,7-8,14H2,1-2H3. The fourth-order valence-corrected chi connectivity index (χ4v) is 3.03. The Bertz CT molecular complexity index is 314. The van der Waals surface area contributed by atoms with Gasteiger partial charge in [0.1, 0.15) is 0 Å². The number of hydrogen-bond acceptors (Lipinski definition) is 2. The zero-order chi connectivity index (χ0) is 11.3. The summed E-state index contributed by atoms with van der Waals surface area (Å²) >= 11 is 5.42. The van der Waals surface area contributed by atoms with Crippen LogP contribution in [0.3, 0.4) is 0 Å². The maximum atomic E-state index is 5.64. The van der Waals surface area contributed by atoms with Crippen molar-refractivity contribution in [2.24, 2.45) is 11.7 Å². The van der Waals surface area contributed by atoms with Crippen molar-refractivity contribution >= 4 is 27.7 Å². The lowest BCUT2D eigenvalue weighted by atomic mass is 10.2. The van der Waals surface area contributed by atoms with E-state index >= 15 is 0 Å². The van der Waals surface area contributed by atoms with Crippen LogP contribution in [0.1, 0.15) is 25.8 Å². The summed E-state index contributed by atoms with van der Waals surface area (Å²) in [5.41, 5.74) is 6.83. The molecule has 1 rings (SSSR count). The van der Waals surface area contributed by atoms with Gasteiger partial charge in [0.15, 0.2) is 0 Å². The second kappa shape index (κ2) is 6.56. The highest BCUT2D eigenvalue weighted by Crippen LogP contribution is 2.26. The molecule has 1 nitrogen and oxygen atoms in total. The average Bonchev–Trinajstić information content (AvgIpc) is 2.25. The van der Waals surface area contributed by atoms with E-state index < -0.39 is 0 Å². The van der Waals surface area contributed by atoms with Crippen molar-refractivity contribution in [3.05, 3.63) is 28.2 Å². The van der Waals surface area contributed by atoms with E-state index in [0.717, 1.165) is 10.4 Å². The highest BCUT2D eigenvalue weighted by atomic mass is 79.9. The highest BCUT2D eigenvalue weighted by Gasteiger charge is 2.02. The third kappa shape index (κ3) is 4.58. The highest BCUT2D eigenvalue weighted by molar-refractivity contribution is 9.10. The summed E-state index contributed by atoms with van der Waals surface area (Å²) in [5, 5.41) is 0. The number of benzene rings is 1. The summed E-state index contributed by atoms with van der Waals surface area (Å²) in [6.07, 6.45) is 1.24. The Hall–Kier alpha value is 0.01000. The minimum Gasteiger partial charge on any atom is -0.326 e. The summed E-state index contributed by atoms with van der Waals surface area (Å²) in [4.78, 5) is 1.31. The summed E-state index contributed by atoms with van der Waals surface area (Å²) < 4.78 is 1.12. The number of thioether (sulfide) groups is 1. The van der Waals surface area contributed by atoms with Crippen LogP contribution in [-0.4, -0.2) is 5.75 Å². The first kappa shape index (κ1) is 13.1. The quantitative estimate of drug-likeness (QED) is 0.827. The maximum Gasteiger partial charge on any atom is 0.0189 e. The van der Waals surface area contributed by atoms with E-state index in [0.29, 0.717) is 6.54 Å². The average molecular weight is 288 g/mol. The van der Waals surface area contributed by atoms with Gasteiger partial charge in [0.2, 0.25) is 0 Å². The minimum absolute atomic E-state index is 0.607. The van der Waals surface area contributed by atoms with E-state index in [9.17, 15) is 0 Å². The fourth-order valence-electron chi connectivity index (χ4n) is 1.18. The first-order valence-electron chi connectivity index (χ1n) is 5.28. The van der Waals surface area contributed by atoms with Gasteiger partial charge < -0.3 is 5.73 Å². The molecular weight excluding hydrogens is 270 g/mol. The molecular formula is C12H18BrNS. The molecule has 0 aromatic heterocycles. The normalized spacial score (nSPS) is 12.8. The molecule has 3 heteroatoms. The van der Waals surface area contributed by atoms with E-state index in [1.165, 1.54) is 22.6 Å². The van der Waals surface area contributed by atoms with Crippen molar-refractivity contribution in [3.8, 4) is 0 Å². The predicted octanol–water partition coefficient (Wildman–Crippen LogP) is 4.05. The Labute approximate surface area is 105 Å². The molecule has 0 bridgehead atoms. The van der Waals surface area contributed by atoms with Crippen molar-refractivity contribution in [2.45, 2.75) is 31.7 Å². The van der Waals surface area contributed by atoms with Gasteiger partial charge in [-0.1, -0.05) is 36.2 Å². The van der Waals surface area contributed by atoms with Crippen LogP contribution < -0.4 is 5.73 Å². The molecule has 0 radical (unpaired) electrons. The number of hydrogen-bond donors (Lipinski definition) is 1. The van der Waals surface area contributed by atoms with Crippen LogP contribution in [0.15, 0.2) is 27.6 Å². The fraction of sp³-hybridized carbons (Fsp3) is 0.500. The Morgan fingerprint density at radius 2 is 2.13 bits per heavy atom. The largest absolute Gasteiger partial charge is 0.326 e. The van der Waals surface area contributed by atoms with Crippen LogP contribution in [-0.2, 0) is 6.54 Å². The molecule has 0 heterocycles. The van der Waals surface area contributed by atoms with Gasteiger partial charge in [-0.3, -0.25) is 0 Å². The lowest BCUT2D eigenvalue weighted by molar-refractivity contribution is 0.637. The van der Waals surface area contributed by atoms with Crippen LogP contribution in [0.4, 0.5) is 0 Å². The molecule has 1 unspecified atom stereocenters. The van der Waals surface area contributed by atoms with Crippen molar-refractivity contribution in [1.82, 2.24) is 0 Å². The SMILES string of the molecule is CCC(C)CSc1cc(Br)cc(CN)c1. The molecule has 1 aromatic carbocycles. The molecule has 0 aliphatic carbocycles. The second-order valence-electron chi connectivity index (χ2n) is 3.82. The van der Waals surface area contributed by atoms with Crippen molar-refractivity contribution in [3.63, 3.8) is 0 Å². The smallest absolute Gasteiger partial charge is 0.0189 e. The van der Waals surface area contributed by atoms with Crippen molar-refractivity contribution in [2.75, 3.05) is 5.75 Å². The number of rotatable bonds is 5. The van der Waals surface area contributed by atoms with E-state index in [4.69, 9.17) is 5.73 Å². The lowest BCUT2D eigenvalue weighted by Gasteiger charge is -2.09. The zero-order valence-corrected chi connectivity index (χ0v) is 11.7. The third-order valence-electron chi connectivity index (χ3n) is 2.40. The molecule has 1 atom stereocenters. The van der Waals surface area contributed by atoms with E-state index in [1.807, 2.05) is 11.8 Å². The molecule has 0 amide bonds. The van der Waals surface area contributed by atoms with Crippen LogP contribution in [0.2, 0.25) is 0 Å². The molecule has 0 aliphatic heterocycles. The minimum atomic E-state index is 0.607.